The first-order valence-electron chi connectivity index (χ1n) is 6.82. The van der Waals surface area contributed by atoms with Gasteiger partial charge in [-0.25, -0.2) is 0 Å². The lowest BCUT2D eigenvalue weighted by Crippen LogP contribution is -2.14. The topological polar surface area (TPSA) is 39.7 Å². The largest absolute Gasteiger partial charge is 0.496 e. The van der Waals surface area contributed by atoms with Gasteiger partial charge in [0.2, 0.25) is 0 Å². The van der Waals surface area contributed by atoms with Crippen LogP contribution in [0.15, 0.2) is 42.5 Å². The molecule has 112 valence electrons. The Bertz CT molecular complexity index is 562. The SMILES string of the molecule is COc1ccccc1CNCc1c(OC)cccc1OC. The summed E-state index contributed by atoms with van der Waals surface area (Å²) >= 11 is 0. The van der Waals surface area contributed by atoms with Crippen LogP contribution in [-0.4, -0.2) is 21.3 Å². The molecule has 0 unspecified atom stereocenters. The van der Waals surface area contributed by atoms with Gasteiger partial charge in [0, 0.05) is 24.2 Å². The Hall–Kier alpha value is -2.20. The summed E-state index contributed by atoms with van der Waals surface area (Å²) in [6, 6.07) is 13.8. The highest BCUT2D eigenvalue weighted by molar-refractivity contribution is 5.44. The molecule has 4 heteroatoms. The van der Waals surface area contributed by atoms with E-state index in [1.807, 2.05) is 42.5 Å². The van der Waals surface area contributed by atoms with E-state index >= 15 is 0 Å². The van der Waals surface area contributed by atoms with Gasteiger partial charge in [0.25, 0.3) is 0 Å². The van der Waals surface area contributed by atoms with Crippen LogP contribution in [-0.2, 0) is 13.1 Å². The third-order valence-corrected chi connectivity index (χ3v) is 3.34. The fourth-order valence-corrected chi connectivity index (χ4v) is 2.27. The van der Waals surface area contributed by atoms with E-state index < -0.39 is 0 Å². The van der Waals surface area contributed by atoms with Gasteiger partial charge in [-0.2, -0.15) is 0 Å². The second-order valence-corrected chi connectivity index (χ2v) is 4.56. The lowest BCUT2D eigenvalue weighted by molar-refractivity contribution is 0.381. The molecule has 2 aromatic carbocycles. The van der Waals surface area contributed by atoms with Gasteiger partial charge in [-0.1, -0.05) is 24.3 Å². The quantitative estimate of drug-likeness (QED) is 0.850. The molecule has 0 aliphatic carbocycles. The van der Waals surface area contributed by atoms with Crippen molar-refractivity contribution in [2.45, 2.75) is 13.1 Å². The van der Waals surface area contributed by atoms with Gasteiger partial charge in [-0.15, -0.1) is 0 Å². The van der Waals surface area contributed by atoms with Gasteiger partial charge in [0.15, 0.2) is 0 Å². The van der Waals surface area contributed by atoms with Crippen molar-refractivity contribution < 1.29 is 14.2 Å². The summed E-state index contributed by atoms with van der Waals surface area (Å²) < 4.78 is 16.1. The predicted octanol–water partition coefficient (Wildman–Crippen LogP) is 3.00. The number of benzene rings is 2. The smallest absolute Gasteiger partial charge is 0.127 e. The first kappa shape index (κ1) is 15.2. The first-order valence-corrected chi connectivity index (χ1v) is 6.82. The zero-order chi connectivity index (χ0) is 15.1. The molecule has 0 bridgehead atoms. The molecule has 0 fully saturated rings. The molecule has 0 atom stereocenters. The van der Waals surface area contributed by atoms with E-state index in [9.17, 15) is 0 Å². The van der Waals surface area contributed by atoms with Crippen LogP contribution in [0.4, 0.5) is 0 Å². The Morgan fingerprint density at radius 2 is 1.29 bits per heavy atom. The van der Waals surface area contributed by atoms with Crippen LogP contribution in [0.1, 0.15) is 11.1 Å². The van der Waals surface area contributed by atoms with E-state index in [-0.39, 0.29) is 0 Å². The van der Waals surface area contributed by atoms with Crippen LogP contribution in [0.3, 0.4) is 0 Å². The summed E-state index contributed by atoms with van der Waals surface area (Å²) in [5.41, 5.74) is 2.13. The van der Waals surface area contributed by atoms with Gasteiger partial charge in [-0.3, -0.25) is 0 Å². The highest BCUT2D eigenvalue weighted by atomic mass is 16.5. The van der Waals surface area contributed by atoms with Gasteiger partial charge in [0.05, 0.1) is 21.3 Å². The summed E-state index contributed by atoms with van der Waals surface area (Å²) in [5.74, 6) is 2.53. The molecule has 2 aromatic rings. The third kappa shape index (κ3) is 3.67. The van der Waals surface area contributed by atoms with Crippen molar-refractivity contribution in [3.63, 3.8) is 0 Å². The molecule has 0 heterocycles. The fraction of sp³-hybridized carbons (Fsp3) is 0.294. The number of methoxy groups -OCH3 is 3. The molecule has 0 radical (unpaired) electrons. The lowest BCUT2D eigenvalue weighted by Gasteiger charge is -2.14. The molecule has 2 rings (SSSR count). The number of nitrogens with one attached hydrogen (secondary N) is 1. The Morgan fingerprint density at radius 3 is 1.90 bits per heavy atom. The van der Waals surface area contributed by atoms with Crippen LogP contribution >= 0.6 is 0 Å². The van der Waals surface area contributed by atoms with Crippen molar-refractivity contribution in [1.82, 2.24) is 5.32 Å². The van der Waals surface area contributed by atoms with Crippen molar-refractivity contribution in [2.75, 3.05) is 21.3 Å². The van der Waals surface area contributed by atoms with Crippen molar-refractivity contribution in [1.29, 1.82) is 0 Å². The van der Waals surface area contributed by atoms with E-state index in [2.05, 4.69) is 5.32 Å². The Morgan fingerprint density at radius 1 is 0.714 bits per heavy atom. The van der Waals surface area contributed by atoms with E-state index in [1.54, 1.807) is 21.3 Å². The summed E-state index contributed by atoms with van der Waals surface area (Å²) in [4.78, 5) is 0. The van der Waals surface area contributed by atoms with E-state index in [0.717, 1.165) is 28.4 Å². The summed E-state index contributed by atoms with van der Waals surface area (Å²) in [7, 11) is 5.01. The molecule has 4 nitrogen and oxygen atoms in total. The van der Waals surface area contributed by atoms with Crippen LogP contribution < -0.4 is 19.5 Å². The summed E-state index contributed by atoms with van der Waals surface area (Å²) in [6.07, 6.45) is 0. The van der Waals surface area contributed by atoms with E-state index in [1.165, 1.54) is 0 Å². The number of hydrogen-bond acceptors (Lipinski definition) is 4. The minimum Gasteiger partial charge on any atom is -0.496 e. The number of hydrogen-bond donors (Lipinski definition) is 1. The summed E-state index contributed by atoms with van der Waals surface area (Å²) in [6.45, 7) is 1.37. The van der Waals surface area contributed by atoms with Crippen LogP contribution in [0.2, 0.25) is 0 Å². The Balaban J connectivity index is 2.07. The van der Waals surface area contributed by atoms with Crippen LogP contribution in [0, 0.1) is 0 Å². The van der Waals surface area contributed by atoms with Crippen molar-refractivity contribution in [2.24, 2.45) is 0 Å². The van der Waals surface area contributed by atoms with Crippen LogP contribution in [0.5, 0.6) is 17.2 Å². The molecule has 0 amide bonds. The van der Waals surface area contributed by atoms with Gasteiger partial charge in [-0.05, 0) is 18.2 Å². The monoisotopic (exact) mass is 287 g/mol. The predicted molar refractivity (Wildman–Crippen MR) is 83.1 cm³/mol. The second-order valence-electron chi connectivity index (χ2n) is 4.56. The second kappa shape index (κ2) is 7.55. The minimum atomic E-state index is 0.658. The molecule has 1 N–H and O–H groups in total. The van der Waals surface area contributed by atoms with E-state index in [0.29, 0.717) is 13.1 Å². The minimum absolute atomic E-state index is 0.658. The third-order valence-electron chi connectivity index (χ3n) is 3.34. The van der Waals surface area contributed by atoms with Crippen molar-refractivity contribution in [3.8, 4) is 17.2 Å². The molecule has 0 saturated carbocycles. The fourth-order valence-electron chi connectivity index (χ4n) is 2.27. The molecule has 0 aliphatic heterocycles. The Labute approximate surface area is 125 Å². The molecule has 0 aliphatic rings. The first-order chi connectivity index (χ1) is 10.3. The number of rotatable bonds is 7. The van der Waals surface area contributed by atoms with Crippen molar-refractivity contribution in [3.05, 3.63) is 53.6 Å². The number of ether oxygens (including phenoxy) is 3. The van der Waals surface area contributed by atoms with Crippen LogP contribution in [0.25, 0.3) is 0 Å². The highest BCUT2D eigenvalue weighted by Gasteiger charge is 2.09. The maximum atomic E-state index is 5.39. The normalized spacial score (nSPS) is 10.2. The average molecular weight is 287 g/mol. The van der Waals surface area contributed by atoms with E-state index in [4.69, 9.17) is 14.2 Å². The maximum Gasteiger partial charge on any atom is 0.127 e. The zero-order valence-corrected chi connectivity index (χ0v) is 12.7. The molecule has 21 heavy (non-hydrogen) atoms. The van der Waals surface area contributed by atoms with Gasteiger partial charge in [0.1, 0.15) is 17.2 Å². The molecule has 0 aromatic heterocycles. The average Bonchev–Trinajstić information content (AvgIpc) is 2.55. The molecule has 0 spiro atoms. The maximum absolute atomic E-state index is 5.39. The Kier molecular flexibility index (Phi) is 5.46. The van der Waals surface area contributed by atoms with Gasteiger partial charge >= 0.3 is 0 Å². The highest BCUT2D eigenvalue weighted by Crippen LogP contribution is 2.28. The molecular weight excluding hydrogens is 266 g/mol. The summed E-state index contributed by atoms with van der Waals surface area (Å²) in [5, 5.41) is 3.40. The molecule has 0 saturated heterocycles. The molecular formula is C17H21NO3. The standard InChI is InChI=1S/C17H21NO3/c1-19-15-8-5-4-7-13(15)11-18-12-14-16(20-2)9-6-10-17(14)21-3/h4-10,18H,11-12H2,1-3H3. The lowest BCUT2D eigenvalue weighted by atomic mass is 10.1. The zero-order valence-electron chi connectivity index (χ0n) is 12.7. The van der Waals surface area contributed by atoms with Gasteiger partial charge < -0.3 is 19.5 Å². The number of para-hydroxylation sites is 1. The van der Waals surface area contributed by atoms with Crippen molar-refractivity contribution >= 4 is 0 Å².